The van der Waals surface area contributed by atoms with Gasteiger partial charge < -0.3 is 10.1 Å². The molecule has 72 valence electrons. The SMILES string of the molecule is O=c1c(CO)c[nH]c2ccc(Cl)cc12. The summed E-state index contributed by atoms with van der Waals surface area (Å²) in [7, 11) is 0. The number of rotatable bonds is 1. The Labute approximate surface area is 85.0 Å². The molecule has 2 rings (SSSR count). The molecule has 4 heteroatoms. The lowest BCUT2D eigenvalue weighted by Gasteiger charge is -2.00. The molecule has 0 aliphatic heterocycles. The van der Waals surface area contributed by atoms with Gasteiger partial charge in [0.1, 0.15) is 0 Å². The fourth-order valence-electron chi connectivity index (χ4n) is 1.35. The number of nitrogens with one attached hydrogen (secondary N) is 1. The summed E-state index contributed by atoms with van der Waals surface area (Å²) in [6.07, 6.45) is 1.51. The summed E-state index contributed by atoms with van der Waals surface area (Å²) in [5.41, 5.74) is 0.889. The van der Waals surface area contributed by atoms with Crippen molar-refractivity contribution in [1.82, 2.24) is 4.98 Å². The quantitative estimate of drug-likeness (QED) is 0.751. The smallest absolute Gasteiger partial charge is 0.194 e. The van der Waals surface area contributed by atoms with Crippen molar-refractivity contribution in [2.75, 3.05) is 0 Å². The second-order valence-corrected chi connectivity index (χ2v) is 3.43. The van der Waals surface area contributed by atoms with Crippen LogP contribution in [0.2, 0.25) is 5.02 Å². The van der Waals surface area contributed by atoms with Crippen molar-refractivity contribution in [1.29, 1.82) is 0 Å². The van der Waals surface area contributed by atoms with Crippen LogP contribution in [0, 0.1) is 0 Å². The van der Waals surface area contributed by atoms with Gasteiger partial charge >= 0.3 is 0 Å². The number of aliphatic hydroxyl groups is 1. The van der Waals surface area contributed by atoms with Crippen LogP contribution in [0.25, 0.3) is 10.9 Å². The van der Waals surface area contributed by atoms with E-state index in [0.717, 1.165) is 5.52 Å². The van der Waals surface area contributed by atoms with Gasteiger partial charge in [-0.3, -0.25) is 4.79 Å². The molecule has 0 aliphatic rings. The fourth-order valence-corrected chi connectivity index (χ4v) is 1.52. The minimum atomic E-state index is -0.266. The van der Waals surface area contributed by atoms with Gasteiger partial charge in [-0.25, -0.2) is 0 Å². The number of halogens is 1. The molecule has 0 unspecified atom stereocenters. The zero-order valence-corrected chi connectivity index (χ0v) is 8.01. The average Bonchev–Trinajstić information content (AvgIpc) is 2.20. The van der Waals surface area contributed by atoms with E-state index in [1.165, 1.54) is 6.20 Å². The predicted molar refractivity (Wildman–Crippen MR) is 55.5 cm³/mol. The fraction of sp³-hybridized carbons (Fsp3) is 0.100. The molecule has 0 bridgehead atoms. The van der Waals surface area contributed by atoms with E-state index in [2.05, 4.69) is 4.98 Å². The highest BCUT2D eigenvalue weighted by atomic mass is 35.5. The van der Waals surface area contributed by atoms with Gasteiger partial charge in [-0.1, -0.05) is 11.6 Å². The van der Waals surface area contributed by atoms with E-state index in [1.54, 1.807) is 18.2 Å². The summed E-state index contributed by atoms with van der Waals surface area (Å²) in [5, 5.41) is 9.91. The maximum Gasteiger partial charge on any atom is 0.194 e. The molecule has 0 amide bonds. The molecular formula is C10H8ClNO2. The molecule has 0 spiro atoms. The number of aliphatic hydroxyl groups excluding tert-OH is 1. The maximum atomic E-state index is 11.7. The molecule has 1 aromatic heterocycles. The predicted octanol–water partition coefficient (Wildman–Crippen LogP) is 1.67. The molecule has 14 heavy (non-hydrogen) atoms. The maximum absolute atomic E-state index is 11.7. The zero-order chi connectivity index (χ0) is 10.1. The van der Waals surface area contributed by atoms with Crippen LogP contribution in [0.1, 0.15) is 5.56 Å². The van der Waals surface area contributed by atoms with Crippen LogP contribution in [-0.4, -0.2) is 10.1 Å². The van der Waals surface area contributed by atoms with E-state index in [9.17, 15) is 4.79 Å². The molecule has 2 aromatic rings. The lowest BCUT2D eigenvalue weighted by molar-refractivity contribution is 0.280. The summed E-state index contributed by atoms with van der Waals surface area (Å²) >= 11 is 5.77. The molecule has 0 aliphatic carbocycles. The average molecular weight is 210 g/mol. The largest absolute Gasteiger partial charge is 0.391 e. The van der Waals surface area contributed by atoms with Crippen molar-refractivity contribution < 1.29 is 5.11 Å². The number of hydrogen-bond donors (Lipinski definition) is 2. The standard InChI is InChI=1S/C10H8ClNO2/c11-7-1-2-9-8(3-7)10(14)6(5-13)4-12-9/h1-4,13H,5H2,(H,12,14). The summed E-state index contributed by atoms with van der Waals surface area (Å²) < 4.78 is 0. The number of aromatic amines is 1. The van der Waals surface area contributed by atoms with Crippen molar-refractivity contribution in [2.45, 2.75) is 6.61 Å². The number of benzene rings is 1. The monoisotopic (exact) mass is 209 g/mol. The highest BCUT2D eigenvalue weighted by molar-refractivity contribution is 6.31. The molecule has 2 N–H and O–H groups in total. The molecule has 0 radical (unpaired) electrons. The summed E-state index contributed by atoms with van der Waals surface area (Å²) in [6, 6.07) is 5.04. The number of hydrogen-bond acceptors (Lipinski definition) is 2. The number of pyridine rings is 1. The first kappa shape index (κ1) is 9.24. The first-order valence-corrected chi connectivity index (χ1v) is 4.51. The van der Waals surface area contributed by atoms with Gasteiger partial charge in [0.15, 0.2) is 5.43 Å². The normalized spacial score (nSPS) is 10.7. The molecule has 3 nitrogen and oxygen atoms in total. The third-order valence-corrected chi connectivity index (χ3v) is 2.33. The van der Waals surface area contributed by atoms with Crippen molar-refractivity contribution in [3.05, 3.63) is 45.2 Å². The van der Waals surface area contributed by atoms with E-state index < -0.39 is 0 Å². The topological polar surface area (TPSA) is 53.1 Å². The van der Waals surface area contributed by atoms with Gasteiger partial charge in [-0.2, -0.15) is 0 Å². The molecule has 0 atom stereocenters. The first-order chi connectivity index (χ1) is 6.72. The Bertz CT molecular complexity index is 533. The Morgan fingerprint density at radius 2 is 2.21 bits per heavy atom. The van der Waals surface area contributed by atoms with E-state index in [0.29, 0.717) is 16.0 Å². The second kappa shape index (κ2) is 3.44. The van der Waals surface area contributed by atoms with E-state index in [-0.39, 0.29) is 12.0 Å². The Hall–Kier alpha value is -1.32. The highest BCUT2D eigenvalue weighted by Crippen LogP contribution is 2.14. The van der Waals surface area contributed by atoms with Crippen LogP contribution >= 0.6 is 11.6 Å². The number of H-pyrrole nitrogens is 1. The van der Waals surface area contributed by atoms with Gasteiger partial charge in [-0.15, -0.1) is 0 Å². The second-order valence-electron chi connectivity index (χ2n) is 2.99. The molecule has 0 saturated carbocycles. The molecule has 1 heterocycles. The number of fused-ring (bicyclic) bond motifs is 1. The molecule has 0 fully saturated rings. The molecular weight excluding hydrogens is 202 g/mol. The summed E-state index contributed by atoms with van der Waals surface area (Å²) in [5.74, 6) is 0. The number of aromatic nitrogens is 1. The van der Waals surface area contributed by atoms with Crippen molar-refractivity contribution in [3.8, 4) is 0 Å². The van der Waals surface area contributed by atoms with Crippen LogP contribution in [-0.2, 0) is 6.61 Å². The van der Waals surface area contributed by atoms with Crippen LogP contribution in [0.5, 0.6) is 0 Å². The van der Waals surface area contributed by atoms with Crippen molar-refractivity contribution >= 4 is 22.5 Å². The Kier molecular flexibility index (Phi) is 2.27. The van der Waals surface area contributed by atoms with Crippen LogP contribution in [0.3, 0.4) is 0 Å². The van der Waals surface area contributed by atoms with Gasteiger partial charge in [0, 0.05) is 27.7 Å². The third kappa shape index (κ3) is 1.41. The summed E-state index contributed by atoms with van der Waals surface area (Å²) in [4.78, 5) is 14.6. The van der Waals surface area contributed by atoms with Crippen molar-refractivity contribution in [3.63, 3.8) is 0 Å². The van der Waals surface area contributed by atoms with E-state index >= 15 is 0 Å². The molecule has 0 saturated heterocycles. The Morgan fingerprint density at radius 1 is 1.43 bits per heavy atom. The van der Waals surface area contributed by atoms with Gasteiger partial charge in [-0.05, 0) is 18.2 Å². The Morgan fingerprint density at radius 3 is 2.93 bits per heavy atom. The van der Waals surface area contributed by atoms with Crippen molar-refractivity contribution in [2.24, 2.45) is 0 Å². The lowest BCUT2D eigenvalue weighted by Crippen LogP contribution is -2.09. The van der Waals surface area contributed by atoms with Crippen LogP contribution in [0.4, 0.5) is 0 Å². The Balaban J connectivity index is 2.87. The lowest BCUT2D eigenvalue weighted by atomic mass is 10.1. The minimum absolute atomic E-state index is 0.177. The van der Waals surface area contributed by atoms with Gasteiger partial charge in [0.2, 0.25) is 0 Å². The molecule has 1 aromatic carbocycles. The third-order valence-electron chi connectivity index (χ3n) is 2.09. The van der Waals surface area contributed by atoms with Gasteiger partial charge in [0.25, 0.3) is 0 Å². The summed E-state index contributed by atoms with van der Waals surface area (Å²) in [6.45, 7) is -0.266. The van der Waals surface area contributed by atoms with E-state index in [1.807, 2.05) is 0 Å². The van der Waals surface area contributed by atoms with Crippen LogP contribution in [0.15, 0.2) is 29.2 Å². The van der Waals surface area contributed by atoms with E-state index in [4.69, 9.17) is 16.7 Å². The van der Waals surface area contributed by atoms with Gasteiger partial charge in [0.05, 0.1) is 6.61 Å². The van der Waals surface area contributed by atoms with Crippen LogP contribution < -0.4 is 5.43 Å². The highest BCUT2D eigenvalue weighted by Gasteiger charge is 2.03. The minimum Gasteiger partial charge on any atom is -0.391 e. The first-order valence-electron chi connectivity index (χ1n) is 4.13. The zero-order valence-electron chi connectivity index (χ0n) is 7.25.